The zero-order valence-electron chi connectivity index (χ0n) is 19.3. The number of nitrogens with one attached hydrogen (secondary N) is 2. The van der Waals surface area contributed by atoms with Crippen molar-refractivity contribution in [1.82, 2.24) is 20.4 Å². The quantitative estimate of drug-likeness (QED) is 0.215. The maximum Gasteiger partial charge on any atom is 0.191 e. The van der Waals surface area contributed by atoms with Crippen LogP contribution in [0.15, 0.2) is 35.3 Å². The maximum atomic E-state index is 5.45. The second-order valence-electron chi connectivity index (χ2n) is 8.16. The van der Waals surface area contributed by atoms with Crippen molar-refractivity contribution in [2.24, 2.45) is 4.99 Å². The van der Waals surface area contributed by atoms with Crippen LogP contribution in [0.4, 0.5) is 5.69 Å². The highest BCUT2D eigenvalue weighted by Gasteiger charge is 2.17. The van der Waals surface area contributed by atoms with Crippen molar-refractivity contribution >= 4 is 35.6 Å². The van der Waals surface area contributed by atoms with E-state index in [4.69, 9.17) is 9.73 Å². The summed E-state index contributed by atoms with van der Waals surface area (Å²) in [5.74, 6) is 0.937. The molecule has 2 heterocycles. The molecule has 0 bridgehead atoms. The van der Waals surface area contributed by atoms with Crippen molar-refractivity contribution in [2.45, 2.75) is 26.3 Å². The van der Waals surface area contributed by atoms with E-state index < -0.39 is 0 Å². The van der Waals surface area contributed by atoms with Gasteiger partial charge < -0.3 is 20.3 Å². The molecule has 2 N–H and O–H groups in total. The molecule has 0 amide bonds. The molecule has 0 aliphatic carbocycles. The van der Waals surface area contributed by atoms with Crippen molar-refractivity contribution < 1.29 is 4.74 Å². The van der Waals surface area contributed by atoms with E-state index in [1.165, 1.54) is 5.69 Å². The van der Waals surface area contributed by atoms with Crippen LogP contribution >= 0.6 is 24.0 Å². The minimum absolute atomic E-state index is 0. The number of anilines is 1. The van der Waals surface area contributed by atoms with E-state index in [1.54, 1.807) is 0 Å². The number of rotatable bonds is 9. The summed E-state index contributed by atoms with van der Waals surface area (Å²) in [5, 5.41) is 6.89. The molecule has 2 aliphatic rings. The van der Waals surface area contributed by atoms with Crippen LogP contribution in [0.3, 0.4) is 0 Å². The molecule has 0 aromatic heterocycles. The fourth-order valence-corrected chi connectivity index (χ4v) is 4.08. The molecule has 3 rings (SSSR count). The van der Waals surface area contributed by atoms with Crippen molar-refractivity contribution in [3.8, 4) is 0 Å². The number of hydrogen-bond acceptors (Lipinski definition) is 5. The Morgan fingerprint density at radius 3 is 2.42 bits per heavy atom. The Kier molecular flexibility index (Phi) is 12.5. The molecule has 1 atom stereocenters. The number of aliphatic imine (C=N–C) groups is 1. The lowest BCUT2D eigenvalue weighted by molar-refractivity contribution is 0.0220. The van der Waals surface area contributed by atoms with Crippen LogP contribution in [-0.2, 0) is 4.74 Å². The highest BCUT2D eigenvalue weighted by molar-refractivity contribution is 14.0. The number of guanidine groups is 1. The van der Waals surface area contributed by atoms with Gasteiger partial charge in [0.2, 0.25) is 0 Å². The summed E-state index contributed by atoms with van der Waals surface area (Å²) in [6.45, 7) is 16.4. The number of halogens is 1. The molecule has 176 valence electrons. The van der Waals surface area contributed by atoms with Crippen molar-refractivity contribution in [3.05, 3.63) is 30.3 Å². The zero-order chi connectivity index (χ0) is 21.0. The molecule has 31 heavy (non-hydrogen) atoms. The molecule has 2 saturated heterocycles. The average molecular weight is 545 g/mol. The minimum Gasteiger partial charge on any atom is -0.379 e. The van der Waals surface area contributed by atoms with E-state index in [1.807, 2.05) is 0 Å². The first-order valence-electron chi connectivity index (χ1n) is 11.6. The van der Waals surface area contributed by atoms with Crippen LogP contribution in [0.1, 0.15) is 20.3 Å². The second kappa shape index (κ2) is 14.9. The number of para-hydroxylation sites is 1. The smallest absolute Gasteiger partial charge is 0.191 e. The van der Waals surface area contributed by atoms with Crippen molar-refractivity contribution in [1.29, 1.82) is 0 Å². The van der Waals surface area contributed by atoms with Gasteiger partial charge in [-0.1, -0.05) is 18.2 Å². The molecule has 0 radical (unpaired) electrons. The molecule has 2 aliphatic heterocycles. The Labute approximate surface area is 205 Å². The number of ether oxygens (including phenoxy) is 1. The first kappa shape index (κ1) is 26.2. The van der Waals surface area contributed by atoms with Gasteiger partial charge in [-0.2, -0.15) is 0 Å². The van der Waals surface area contributed by atoms with Crippen LogP contribution < -0.4 is 15.5 Å². The summed E-state index contributed by atoms with van der Waals surface area (Å²) in [7, 11) is 0. The molecule has 8 heteroatoms. The van der Waals surface area contributed by atoms with E-state index in [0.29, 0.717) is 6.04 Å². The standard InChI is InChI=1S/C23H40N6O.HI/c1-3-24-23(26-20-21(2)28-16-18-30-19-17-28)25-10-7-11-27-12-14-29(15-13-27)22-8-5-4-6-9-22;/h4-6,8-9,21H,3,7,10-20H2,1-2H3,(H2,24,25,26);1H. The van der Waals surface area contributed by atoms with Gasteiger partial charge in [0.1, 0.15) is 0 Å². The Bertz CT molecular complexity index is 618. The summed E-state index contributed by atoms with van der Waals surface area (Å²) >= 11 is 0. The third-order valence-electron chi connectivity index (χ3n) is 5.96. The Hall–Kier alpha value is -1.10. The first-order valence-corrected chi connectivity index (χ1v) is 11.6. The monoisotopic (exact) mass is 544 g/mol. The number of piperazine rings is 1. The molecule has 1 aromatic carbocycles. The van der Waals surface area contributed by atoms with E-state index in [2.05, 4.69) is 69.5 Å². The van der Waals surface area contributed by atoms with Gasteiger partial charge in [0, 0.05) is 64.1 Å². The Morgan fingerprint density at radius 2 is 1.74 bits per heavy atom. The molecular formula is C23H41IN6O. The highest BCUT2D eigenvalue weighted by Crippen LogP contribution is 2.15. The largest absolute Gasteiger partial charge is 0.379 e. The predicted octanol–water partition coefficient (Wildman–Crippen LogP) is 2.09. The Morgan fingerprint density at radius 1 is 1.03 bits per heavy atom. The van der Waals surface area contributed by atoms with Crippen LogP contribution in [0, 0.1) is 0 Å². The topological polar surface area (TPSA) is 55.4 Å². The van der Waals surface area contributed by atoms with Crippen molar-refractivity contribution in [3.63, 3.8) is 0 Å². The van der Waals surface area contributed by atoms with Crippen LogP contribution in [-0.4, -0.2) is 100 Å². The van der Waals surface area contributed by atoms with Gasteiger partial charge in [0.15, 0.2) is 5.96 Å². The number of nitrogens with zero attached hydrogens (tertiary/aromatic N) is 4. The van der Waals surface area contributed by atoms with Gasteiger partial charge >= 0.3 is 0 Å². The fourth-order valence-electron chi connectivity index (χ4n) is 4.08. The molecule has 1 unspecified atom stereocenters. The van der Waals surface area contributed by atoms with Gasteiger partial charge in [0.05, 0.1) is 19.8 Å². The summed E-state index contributed by atoms with van der Waals surface area (Å²) in [6.07, 6.45) is 1.13. The molecule has 2 fully saturated rings. The summed E-state index contributed by atoms with van der Waals surface area (Å²) < 4.78 is 5.45. The SMILES string of the molecule is CCNC(=NCC(C)N1CCOCC1)NCCCN1CCN(c2ccccc2)CC1.I. The van der Waals surface area contributed by atoms with E-state index in [-0.39, 0.29) is 24.0 Å². The summed E-state index contributed by atoms with van der Waals surface area (Å²) in [5.41, 5.74) is 1.34. The summed E-state index contributed by atoms with van der Waals surface area (Å²) in [4.78, 5) is 12.3. The molecule has 0 spiro atoms. The van der Waals surface area contributed by atoms with Gasteiger partial charge in [-0.25, -0.2) is 0 Å². The fraction of sp³-hybridized carbons (Fsp3) is 0.696. The average Bonchev–Trinajstić information content (AvgIpc) is 2.81. The lowest BCUT2D eigenvalue weighted by Crippen LogP contribution is -2.47. The van der Waals surface area contributed by atoms with Gasteiger partial charge in [0.25, 0.3) is 0 Å². The zero-order valence-corrected chi connectivity index (χ0v) is 21.6. The van der Waals surface area contributed by atoms with Crippen LogP contribution in [0.5, 0.6) is 0 Å². The van der Waals surface area contributed by atoms with E-state index in [9.17, 15) is 0 Å². The van der Waals surface area contributed by atoms with E-state index >= 15 is 0 Å². The normalized spacial score (nSPS) is 19.5. The first-order chi connectivity index (χ1) is 14.8. The van der Waals surface area contributed by atoms with Crippen LogP contribution in [0.25, 0.3) is 0 Å². The molecular weight excluding hydrogens is 503 g/mol. The lowest BCUT2D eigenvalue weighted by atomic mass is 10.2. The lowest BCUT2D eigenvalue weighted by Gasteiger charge is -2.36. The third-order valence-corrected chi connectivity index (χ3v) is 5.96. The molecule has 1 aromatic rings. The third kappa shape index (κ3) is 9.11. The highest BCUT2D eigenvalue weighted by atomic mass is 127. The Balaban J connectivity index is 0.00000341. The van der Waals surface area contributed by atoms with Crippen molar-refractivity contribution in [2.75, 3.05) is 83.6 Å². The second-order valence-corrected chi connectivity index (χ2v) is 8.16. The maximum absolute atomic E-state index is 5.45. The van der Waals surface area contributed by atoms with Gasteiger partial charge in [-0.3, -0.25) is 14.8 Å². The van der Waals surface area contributed by atoms with Gasteiger partial charge in [-0.05, 0) is 38.9 Å². The molecule has 0 saturated carbocycles. The van der Waals surface area contributed by atoms with Gasteiger partial charge in [-0.15, -0.1) is 24.0 Å². The molecule has 7 nitrogen and oxygen atoms in total. The number of morpholine rings is 1. The minimum atomic E-state index is 0. The number of hydrogen-bond donors (Lipinski definition) is 2. The summed E-state index contributed by atoms with van der Waals surface area (Å²) in [6, 6.07) is 11.2. The van der Waals surface area contributed by atoms with Crippen LogP contribution in [0.2, 0.25) is 0 Å². The predicted molar refractivity (Wildman–Crippen MR) is 141 cm³/mol. The number of benzene rings is 1. The van der Waals surface area contributed by atoms with E-state index in [0.717, 1.165) is 91.0 Å².